The number of fused-ring (bicyclic) bond motifs is 2. The number of para-hydroxylation sites is 4. The second kappa shape index (κ2) is 6.09. The molecule has 0 aliphatic carbocycles. The molecule has 5 heteroatoms. The molecule has 2 aromatic heterocycles. The van der Waals surface area contributed by atoms with Crippen molar-refractivity contribution in [3.8, 4) is 0 Å². The van der Waals surface area contributed by atoms with Crippen LogP contribution in [-0.2, 0) is 13.1 Å². The summed E-state index contributed by atoms with van der Waals surface area (Å²) in [4.78, 5) is 18.6. The lowest BCUT2D eigenvalue weighted by Gasteiger charge is -2.24. The first-order chi connectivity index (χ1) is 11.7. The fraction of sp³-hybridized carbons (Fsp3) is 0.263. The minimum absolute atomic E-state index is 0.395. The van der Waals surface area contributed by atoms with Crippen LogP contribution in [0.4, 0.5) is 0 Å². The fourth-order valence-electron chi connectivity index (χ4n) is 2.97. The van der Waals surface area contributed by atoms with Gasteiger partial charge in [-0.05, 0) is 38.1 Å². The van der Waals surface area contributed by atoms with Gasteiger partial charge in [0.15, 0.2) is 0 Å². The number of benzene rings is 2. The van der Waals surface area contributed by atoms with Gasteiger partial charge in [0.05, 0.1) is 35.2 Å². The summed E-state index contributed by atoms with van der Waals surface area (Å²) in [5.74, 6) is 1.97. The number of rotatable bonds is 5. The van der Waals surface area contributed by atoms with Crippen LogP contribution in [0.2, 0.25) is 0 Å². The molecule has 0 bridgehead atoms. The molecule has 122 valence electrons. The molecule has 24 heavy (non-hydrogen) atoms. The molecule has 0 spiro atoms. The first kappa shape index (κ1) is 14.9. The van der Waals surface area contributed by atoms with Gasteiger partial charge >= 0.3 is 0 Å². The van der Waals surface area contributed by atoms with Crippen LogP contribution >= 0.6 is 0 Å². The van der Waals surface area contributed by atoms with Gasteiger partial charge in [0, 0.05) is 6.04 Å². The van der Waals surface area contributed by atoms with Crippen molar-refractivity contribution in [1.82, 2.24) is 24.8 Å². The monoisotopic (exact) mass is 319 g/mol. The lowest BCUT2D eigenvalue weighted by molar-refractivity contribution is 0.195. The first-order valence-corrected chi connectivity index (χ1v) is 8.30. The van der Waals surface area contributed by atoms with Crippen LogP contribution in [0.25, 0.3) is 22.1 Å². The normalized spacial score (nSPS) is 12.0. The smallest absolute Gasteiger partial charge is 0.121 e. The van der Waals surface area contributed by atoms with Crippen molar-refractivity contribution < 1.29 is 0 Å². The predicted octanol–water partition coefficient (Wildman–Crippen LogP) is 3.85. The molecule has 4 rings (SSSR count). The van der Waals surface area contributed by atoms with Crippen molar-refractivity contribution in [2.24, 2.45) is 0 Å². The molecule has 2 aromatic carbocycles. The number of aromatic nitrogens is 4. The summed E-state index contributed by atoms with van der Waals surface area (Å²) in [6, 6.07) is 16.7. The van der Waals surface area contributed by atoms with Crippen molar-refractivity contribution in [3.63, 3.8) is 0 Å². The molecule has 0 unspecified atom stereocenters. The summed E-state index contributed by atoms with van der Waals surface area (Å²) in [6.45, 7) is 5.93. The van der Waals surface area contributed by atoms with Crippen molar-refractivity contribution >= 4 is 22.1 Å². The minimum Gasteiger partial charge on any atom is -0.341 e. The molecule has 0 atom stereocenters. The Morgan fingerprint density at radius 3 is 1.67 bits per heavy atom. The number of hydrogen-bond donors (Lipinski definition) is 2. The molecule has 0 radical (unpaired) electrons. The summed E-state index contributed by atoms with van der Waals surface area (Å²) < 4.78 is 0. The lowest BCUT2D eigenvalue weighted by atomic mass is 10.3. The summed E-state index contributed by atoms with van der Waals surface area (Å²) in [7, 11) is 0. The van der Waals surface area contributed by atoms with E-state index >= 15 is 0 Å². The SMILES string of the molecule is CC(C)N(Cc1nc2ccccc2[nH]1)Cc1nc2ccccc2[nH]1. The Morgan fingerprint density at radius 2 is 1.25 bits per heavy atom. The number of imidazole rings is 2. The Hall–Kier alpha value is -2.66. The highest BCUT2D eigenvalue weighted by Crippen LogP contribution is 2.16. The highest BCUT2D eigenvalue weighted by atomic mass is 15.2. The zero-order valence-electron chi connectivity index (χ0n) is 14.0. The molecule has 4 aromatic rings. The lowest BCUT2D eigenvalue weighted by Crippen LogP contribution is -2.30. The standard InChI is InChI=1S/C19H21N5/c1-13(2)24(11-18-20-14-7-3-4-8-15(14)21-18)12-19-22-16-9-5-6-10-17(16)23-19/h3-10,13H,11-12H2,1-2H3,(H,20,21)(H,22,23). The van der Waals surface area contributed by atoms with Crippen LogP contribution in [0.5, 0.6) is 0 Å². The van der Waals surface area contributed by atoms with E-state index in [9.17, 15) is 0 Å². The summed E-state index contributed by atoms with van der Waals surface area (Å²) in [6.07, 6.45) is 0. The van der Waals surface area contributed by atoms with E-state index in [0.29, 0.717) is 6.04 Å². The van der Waals surface area contributed by atoms with Gasteiger partial charge in [-0.15, -0.1) is 0 Å². The highest BCUT2D eigenvalue weighted by Gasteiger charge is 2.15. The molecule has 0 amide bonds. The van der Waals surface area contributed by atoms with Gasteiger partial charge in [-0.25, -0.2) is 9.97 Å². The maximum absolute atomic E-state index is 4.69. The summed E-state index contributed by atoms with van der Waals surface area (Å²) in [5, 5.41) is 0. The summed E-state index contributed by atoms with van der Waals surface area (Å²) >= 11 is 0. The largest absolute Gasteiger partial charge is 0.341 e. The Morgan fingerprint density at radius 1 is 0.792 bits per heavy atom. The molecule has 5 nitrogen and oxygen atoms in total. The van der Waals surface area contributed by atoms with Gasteiger partial charge in [0.2, 0.25) is 0 Å². The molecule has 0 aliphatic rings. The molecule has 2 heterocycles. The number of aromatic amines is 2. The van der Waals surface area contributed by atoms with E-state index in [1.165, 1.54) is 0 Å². The zero-order valence-corrected chi connectivity index (χ0v) is 14.0. The third kappa shape index (κ3) is 2.90. The number of hydrogen-bond acceptors (Lipinski definition) is 3. The van der Waals surface area contributed by atoms with Gasteiger partial charge in [0.1, 0.15) is 11.6 Å². The fourth-order valence-corrected chi connectivity index (χ4v) is 2.97. The van der Waals surface area contributed by atoms with E-state index in [4.69, 9.17) is 9.97 Å². The molecule has 0 saturated carbocycles. The van der Waals surface area contributed by atoms with Gasteiger partial charge < -0.3 is 9.97 Å². The summed E-state index contributed by atoms with van der Waals surface area (Å²) in [5.41, 5.74) is 4.19. The average Bonchev–Trinajstić information content (AvgIpc) is 3.16. The van der Waals surface area contributed by atoms with E-state index in [1.54, 1.807) is 0 Å². The van der Waals surface area contributed by atoms with Crippen LogP contribution in [0, 0.1) is 0 Å². The van der Waals surface area contributed by atoms with Crippen LogP contribution in [0.15, 0.2) is 48.5 Å². The maximum atomic E-state index is 4.69. The molecule has 0 saturated heterocycles. The van der Waals surface area contributed by atoms with E-state index < -0.39 is 0 Å². The molecule has 0 fully saturated rings. The minimum atomic E-state index is 0.395. The number of H-pyrrole nitrogens is 2. The quantitative estimate of drug-likeness (QED) is 0.587. The zero-order chi connectivity index (χ0) is 16.5. The van der Waals surface area contributed by atoms with Crippen LogP contribution in [0.1, 0.15) is 25.5 Å². The second-order valence-corrected chi connectivity index (χ2v) is 6.40. The third-order valence-corrected chi connectivity index (χ3v) is 4.31. The van der Waals surface area contributed by atoms with Crippen molar-refractivity contribution in [2.75, 3.05) is 0 Å². The van der Waals surface area contributed by atoms with Crippen LogP contribution < -0.4 is 0 Å². The molecule has 0 aliphatic heterocycles. The topological polar surface area (TPSA) is 60.6 Å². The first-order valence-electron chi connectivity index (χ1n) is 8.30. The van der Waals surface area contributed by atoms with Crippen molar-refractivity contribution in [2.45, 2.75) is 33.0 Å². The van der Waals surface area contributed by atoms with E-state index in [-0.39, 0.29) is 0 Å². The Labute approximate surface area is 140 Å². The Bertz CT molecular complexity index is 824. The van der Waals surface area contributed by atoms with E-state index in [2.05, 4.69) is 40.8 Å². The Kier molecular flexibility index (Phi) is 3.78. The third-order valence-electron chi connectivity index (χ3n) is 4.31. The number of nitrogens with one attached hydrogen (secondary N) is 2. The van der Waals surface area contributed by atoms with Crippen molar-refractivity contribution in [3.05, 3.63) is 60.2 Å². The van der Waals surface area contributed by atoms with E-state index in [1.807, 2.05) is 36.4 Å². The Balaban J connectivity index is 1.57. The van der Waals surface area contributed by atoms with Gasteiger partial charge in [-0.3, -0.25) is 4.90 Å². The van der Waals surface area contributed by atoms with Crippen LogP contribution in [-0.4, -0.2) is 30.9 Å². The van der Waals surface area contributed by atoms with Gasteiger partial charge in [-0.1, -0.05) is 24.3 Å². The van der Waals surface area contributed by atoms with E-state index in [0.717, 1.165) is 46.8 Å². The molecule has 2 N–H and O–H groups in total. The van der Waals surface area contributed by atoms with Gasteiger partial charge in [-0.2, -0.15) is 0 Å². The predicted molar refractivity (Wildman–Crippen MR) is 96.6 cm³/mol. The van der Waals surface area contributed by atoms with Crippen molar-refractivity contribution in [1.29, 1.82) is 0 Å². The second-order valence-electron chi connectivity index (χ2n) is 6.40. The average molecular weight is 319 g/mol. The number of nitrogens with zero attached hydrogens (tertiary/aromatic N) is 3. The molecular formula is C19H21N5. The molecular weight excluding hydrogens is 298 g/mol. The van der Waals surface area contributed by atoms with Gasteiger partial charge in [0.25, 0.3) is 0 Å². The highest BCUT2D eigenvalue weighted by molar-refractivity contribution is 5.75. The van der Waals surface area contributed by atoms with Crippen LogP contribution in [0.3, 0.4) is 0 Å². The maximum Gasteiger partial charge on any atom is 0.121 e.